The number of pyridine rings is 1. The lowest BCUT2D eigenvalue weighted by Gasteiger charge is -2.50. The number of piperidine rings is 2. The first-order chi connectivity index (χ1) is 13.6. The zero-order chi connectivity index (χ0) is 19.6. The van der Waals surface area contributed by atoms with Gasteiger partial charge in [-0.25, -0.2) is 4.39 Å². The van der Waals surface area contributed by atoms with Crippen LogP contribution in [0.25, 0.3) is 0 Å². The molecule has 1 atom stereocenters. The van der Waals surface area contributed by atoms with Crippen molar-refractivity contribution in [3.63, 3.8) is 0 Å². The monoisotopic (exact) mass is 381 g/mol. The molecule has 4 rings (SSSR count). The van der Waals surface area contributed by atoms with Gasteiger partial charge in [0.1, 0.15) is 5.82 Å². The van der Waals surface area contributed by atoms with Crippen molar-refractivity contribution in [2.45, 2.75) is 32.1 Å². The average Bonchev–Trinajstić information content (AvgIpc) is 2.74. The quantitative estimate of drug-likeness (QED) is 0.808. The summed E-state index contributed by atoms with van der Waals surface area (Å²) in [6, 6.07) is 12.1. The molecule has 1 spiro atoms. The molecule has 0 radical (unpaired) electrons. The third-order valence-electron chi connectivity index (χ3n) is 6.50. The van der Waals surface area contributed by atoms with Gasteiger partial charge in [0, 0.05) is 32.4 Å². The van der Waals surface area contributed by atoms with Crippen molar-refractivity contribution in [1.29, 1.82) is 0 Å². The number of benzene rings is 1. The predicted molar refractivity (Wildman–Crippen MR) is 108 cm³/mol. The number of hydrogen-bond acceptors (Lipinski definition) is 3. The first-order valence-electron chi connectivity index (χ1n) is 10.3. The lowest BCUT2D eigenvalue weighted by atomic mass is 9.68. The van der Waals surface area contributed by atoms with E-state index in [-0.39, 0.29) is 11.3 Å². The summed E-state index contributed by atoms with van der Waals surface area (Å²) in [6.07, 6.45) is 5.77. The zero-order valence-corrected chi connectivity index (χ0v) is 16.5. The fraction of sp³-hybridized carbons (Fsp3) is 0.478. The molecule has 2 aliphatic rings. The second-order valence-electron chi connectivity index (χ2n) is 8.32. The predicted octanol–water partition coefficient (Wildman–Crippen LogP) is 3.95. The van der Waals surface area contributed by atoms with E-state index in [1.54, 1.807) is 0 Å². The number of hydrogen-bond donors (Lipinski definition) is 0. The molecule has 0 saturated carbocycles. The molecular weight excluding hydrogens is 353 g/mol. The van der Waals surface area contributed by atoms with Crippen molar-refractivity contribution in [3.05, 3.63) is 65.7 Å². The molecule has 0 aliphatic carbocycles. The Bertz CT molecular complexity index is 818. The summed E-state index contributed by atoms with van der Waals surface area (Å²) in [5.74, 6) is -0.0231. The summed E-state index contributed by atoms with van der Waals surface area (Å²) < 4.78 is 13.4. The van der Waals surface area contributed by atoms with Gasteiger partial charge in [0.15, 0.2) is 0 Å². The molecule has 28 heavy (non-hydrogen) atoms. The summed E-state index contributed by atoms with van der Waals surface area (Å²) in [6.45, 7) is 6.97. The number of likely N-dealkylation sites (tertiary alicyclic amines) is 2. The number of likely N-dealkylation sites (N-methyl/N-ethyl adjacent to an activating group) is 1. The highest BCUT2D eigenvalue weighted by Crippen LogP contribution is 2.45. The van der Waals surface area contributed by atoms with Gasteiger partial charge in [-0.05, 0) is 48.8 Å². The van der Waals surface area contributed by atoms with E-state index in [2.05, 4.69) is 47.1 Å². The number of amides is 1. The lowest BCUT2D eigenvalue weighted by Crippen LogP contribution is -2.52. The topological polar surface area (TPSA) is 36.4 Å². The van der Waals surface area contributed by atoms with E-state index >= 15 is 0 Å². The van der Waals surface area contributed by atoms with Crippen LogP contribution >= 0.6 is 0 Å². The van der Waals surface area contributed by atoms with Gasteiger partial charge < -0.3 is 9.80 Å². The van der Waals surface area contributed by atoms with Crippen LogP contribution in [-0.4, -0.2) is 53.4 Å². The molecule has 1 unspecified atom stereocenters. The van der Waals surface area contributed by atoms with E-state index in [0.29, 0.717) is 11.5 Å². The van der Waals surface area contributed by atoms with E-state index < -0.39 is 5.82 Å². The van der Waals surface area contributed by atoms with Crippen LogP contribution in [-0.2, 0) is 0 Å². The Morgan fingerprint density at radius 2 is 1.96 bits per heavy atom. The molecule has 0 N–H and O–H groups in total. The average molecular weight is 381 g/mol. The van der Waals surface area contributed by atoms with Gasteiger partial charge in [-0.3, -0.25) is 9.78 Å². The van der Waals surface area contributed by atoms with Crippen LogP contribution in [0.15, 0.2) is 48.8 Å². The zero-order valence-electron chi connectivity index (χ0n) is 16.5. The van der Waals surface area contributed by atoms with Gasteiger partial charge in [-0.1, -0.05) is 37.3 Å². The van der Waals surface area contributed by atoms with Crippen molar-refractivity contribution >= 4 is 5.91 Å². The van der Waals surface area contributed by atoms with E-state index in [4.69, 9.17) is 0 Å². The Hall–Kier alpha value is -2.27. The highest BCUT2D eigenvalue weighted by molar-refractivity contribution is 5.94. The number of carbonyl (C=O) groups is 1. The van der Waals surface area contributed by atoms with Gasteiger partial charge >= 0.3 is 0 Å². The Balaban J connectivity index is 1.46. The standard InChI is InChI=1S/C23H28FN3O/c1-2-26-16-20(18-6-4-3-5-7-18)13-23(17-26)8-10-27(11-9-23)22(28)19-12-21(24)15-25-14-19/h3-7,12,14-15,20H,2,8-11,13,16-17H2,1H3. The Labute approximate surface area is 166 Å². The minimum absolute atomic E-state index is 0.107. The minimum atomic E-state index is -0.462. The third kappa shape index (κ3) is 3.95. The van der Waals surface area contributed by atoms with Crippen LogP contribution in [0.1, 0.15) is 48.0 Å². The summed E-state index contributed by atoms with van der Waals surface area (Å²) in [5, 5.41) is 0. The maximum absolute atomic E-state index is 13.4. The van der Waals surface area contributed by atoms with Gasteiger partial charge in [0.2, 0.25) is 0 Å². The second-order valence-corrected chi connectivity index (χ2v) is 8.32. The van der Waals surface area contributed by atoms with Crippen molar-refractivity contribution in [1.82, 2.24) is 14.8 Å². The molecular formula is C23H28FN3O. The maximum atomic E-state index is 13.4. The van der Waals surface area contributed by atoms with Crippen LogP contribution in [0.3, 0.4) is 0 Å². The van der Waals surface area contributed by atoms with Crippen LogP contribution in [0.5, 0.6) is 0 Å². The molecule has 0 bridgehead atoms. The highest BCUT2D eigenvalue weighted by atomic mass is 19.1. The van der Waals surface area contributed by atoms with Crippen molar-refractivity contribution in [3.8, 4) is 0 Å². The minimum Gasteiger partial charge on any atom is -0.339 e. The summed E-state index contributed by atoms with van der Waals surface area (Å²) in [7, 11) is 0. The number of halogens is 1. The van der Waals surface area contributed by atoms with Gasteiger partial charge in [-0.2, -0.15) is 0 Å². The van der Waals surface area contributed by atoms with Crippen molar-refractivity contribution in [2.75, 3.05) is 32.7 Å². The third-order valence-corrected chi connectivity index (χ3v) is 6.50. The van der Waals surface area contributed by atoms with Gasteiger partial charge in [-0.15, -0.1) is 0 Å². The van der Waals surface area contributed by atoms with E-state index in [0.717, 1.165) is 51.8 Å². The number of rotatable bonds is 3. The molecule has 1 amide bonds. The first-order valence-corrected chi connectivity index (χ1v) is 10.3. The molecule has 2 fully saturated rings. The fourth-order valence-corrected chi connectivity index (χ4v) is 4.95. The van der Waals surface area contributed by atoms with Crippen LogP contribution in [0.2, 0.25) is 0 Å². The highest BCUT2D eigenvalue weighted by Gasteiger charge is 2.42. The van der Waals surface area contributed by atoms with Crippen molar-refractivity contribution < 1.29 is 9.18 Å². The first kappa shape index (κ1) is 19.1. The molecule has 4 nitrogen and oxygen atoms in total. The molecule has 5 heteroatoms. The second kappa shape index (κ2) is 8.00. The normalized spacial score (nSPS) is 22.4. The SMILES string of the molecule is CCN1CC(c2ccccc2)CC2(CCN(C(=O)c3cncc(F)c3)CC2)C1. The molecule has 148 valence electrons. The van der Waals surface area contributed by atoms with E-state index in [9.17, 15) is 9.18 Å². The fourth-order valence-electron chi connectivity index (χ4n) is 4.95. The summed E-state index contributed by atoms with van der Waals surface area (Å²) >= 11 is 0. The van der Waals surface area contributed by atoms with Gasteiger partial charge in [0.25, 0.3) is 5.91 Å². The molecule has 3 heterocycles. The lowest BCUT2D eigenvalue weighted by molar-refractivity contribution is 0.0158. The van der Waals surface area contributed by atoms with E-state index in [1.807, 2.05) is 4.90 Å². The number of nitrogens with zero attached hydrogens (tertiary/aromatic N) is 3. The Kier molecular flexibility index (Phi) is 5.44. The van der Waals surface area contributed by atoms with Crippen LogP contribution in [0, 0.1) is 11.2 Å². The summed E-state index contributed by atoms with van der Waals surface area (Å²) in [5.41, 5.74) is 2.02. The Morgan fingerprint density at radius 1 is 1.21 bits per heavy atom. The van der Waals surface area contributed by atoms with Crippen LogP contribution < -0.4 is 0 Å². The summed E-state index contributed by atoms with van der Waals surface area (Å²) in [4.78, 5) is 21.0. The molecule has 1 aromatic heterocycles. The van der Waals surface area contributed by atoms with Crippen molar-refractivity contribution in [2.24, 2.45) is 5.41 Å². The largest absolute Gasteiger partial charge is 0.339 e. The van der Waals surface area contributed by atoms with E-state index in [1.165, 1.54) is 24.2 Å². The van der Waals surface area contributed by atoms with Gasteiger partial charge in [0.05, 0.1) is 11.8 Å². The molecule has 2 aliphatic heterocycles. The number of aromatic nitrogens is 1. The maximum Gasteiger partial charge on any atom is 0.255 e. The molecule has 2 saturated heterocycles. The Morgan fingerprint density at radius 3 is 2.64 bits per heavy atom. The number of carbonyl (C=O) groups excluding carboxylic acids is 1. The van der Waals surface area contributed by atoms with Crippen LogP contribution in [0.4, 0.5) is 4.39 Å². The molecule has 1 aromatic carbocycles. The smallest absolute Gasteiger partial charge is 0.255 e. The molecule has 2 aromatic rings.